The Morgan fingerprint density at radius 1 is 1.60 bits per heavy atom. The minimum Gasteiger partial charge on any atom is -0.361 e. The molecule has 0 aliphatic rings. The van der Waals surface area contributed by atoms with Crippen LogP contribution in [-0.4, -0.2) is 29.5 Å². The van der Waals surface area contributed by atoms with Gasteiger partial charge in [0.15, 0.2) is 0 Å². The van der Waals surface area contributed by atoms with Gasteiger partial charge in [-0.1, -0.05) is 6.92 Å². The third kappa shape index (κ3) is 3.41. The maximum Gasteiger partial charge on any atom is 0.252 e. The molecule has 3 N–H and O–H groups in total. The van der Waals surface area contributed by atoms with E-state index in [1.54, 1.807) is 7.05 Å². The number of rotatable bonds is 4. The first-order valence-electron chi connectivity index (χ1n) is 4.70. The second kappa shape index (κ2) is 5.14. The summed E-state index contributed by atoms with van der Waals surface area (Å²) in [5.41, 5.74) is -0.221. The van der Waals surface area contributed by atoms with Gasteiger partial charge in [-0.05, 0) is 0 Å². The van der Waals surface area contributed by atoms with E-state index in [4.69, 9.17) is 0 Å². The fourth-order valence-corrected chi connectivity index (χ4v) is 1.03. The van der Waals surface area contributed by atoms with E-state index in [1.807, 2.05) is 6.92 Å². The van der Waals surface area contributed by atoms with E-state index in [9.17, 15) is 9.59 Å². The molecule has 0 aromatic carbocycles. The molecule has 82 valence electrons. The monoisotopic (exact) mass is 210 g/mol. The number of nitrogens with one attached hydrogen (secondary N) is 3. The number of aryl methyl sites for hydroxylation is 1. The minimum absolute atomic E-state index is 0.107. The highest BCUT2D eigenvalue weighted by atomic mass is 16.1. The highest BCUT2D eigenvalue weighted by Gasteiger charge is 2.01. The number of aromatic nitrogens is 2. The molecule has 1 heterocycles. The van der Waals surface area contributed by atoms with Gasteiger partial charge >= 0.3 is 0 Å². The SMILES string of the molecule is CCc1nc(NCC(=O)NC)cc(=O)[nH]1. The largest absolute Gasteiger partial charge is 0.361 e. The first-order valence-corrected chi connectivity index (χ1v) is 4.70. The number of aromatic amines is 1. The molecule has 1 amide bonds. The van der Waals surface area contributed by atoms with Crippen molar-refractivity contribution < 1.29 is 4.79 Å². The second-order valence-electron chi connectivity index (χ2n) is 2.96. The second-order valence-corrected chi connectivity index (χ2v) is 2.96. The van der Waals surface area contributed by atoms with E-state index in [1.165, 1.54) is 6.07 Å². The van der Waals surface area contributed by atoms with Gasteiger partial charge in [0.25, 0.3) is 5.56 Å². The predicted molar refractivity (Wildman–Crippen MR) is 56.8 cm³/mol. The highest BCUT2D eigenvalue weighted by Crippen LogP contribution is 1.98. The van der Waals surface area contributed by atoms with Crippen LogP contribution in [0.4, 0.5) is 5.82 Å². The lowest BCUT2D eigenvalue weighted by Crippen LogP contribution is -2.27. The van der Waals surface area contributed by atoms with Crippen molar-refractivity contribution in [1.29, 1.82) is 0 Å². The zero-order valence-electron chi connectivity index (χ0n) is 8.76. The van der Waals surface area contributed by atoms with Crippen molar-refractivity contribution in [3.8, 4) is 0 Å². The van der Waals surface area contributed by atoms with Gasteiger partial charge in [-0.2, -0.15) is 0 Å². The maximum atomic E-state index is 11.1. The normalized spacial score (nSPS) is 9.73. The van der Waals surface area contributed by atoms with E-state index in [0.29, 0.717) is 18.1 Å². The number of nitrogens with zero attached hydrogens (tertiary/aromatic N) is 1. The Bertz CT molecular complexity index is 399. The summed E-state index contributed by atoms with van der Waals surface area (Å²) in [6, 6.07) is 1.32. The van der Waals surface area contributed by atoms with E-state index < -0.39 is 0 Å². The van der Waals surface area contributed by atoms with Gasteiger partial charge in [-0.3, -0.25) is 9.59 Å². The van der Waals surface area contributed by atoms with Crippen LogP contribution in [0.3, 0.4) is 0 Å². The van der Waals surface area contributed by atoms with E-state index in [2.05, 4.69) is 20.6 Å². The molecule has 0 atom stereocenters. The molecule has 0 bridgehead atoms. The molecule has 0 saturated heterocycles. The Hall–Kier alpha value is -1.85. The molecule has 0 fully saturated rings. The summed E-state index contributed by atoms with van der Waals surface area (Å²) in [6.07, 6.45) is 0.644. The van der Waals surface area contributed by atoms with Crippen LogP contribution < -0.4 is 16.2 Å². The molecule has 0 saturated carbocycles. The fraction of sp³-hybridized carbons (Fsp3) is 0.444. The van der Waals surface area contributed by atoms with Gasteiger partial charge in [0, 0.05) is 19.5 Å². The molecule has 6 nitrogen and oxygen atoms in total. The molecule has 0 spiro atoms. The predicted octanol–water partition coefficient (Wildman–Crippen LogP) is -0.510. The molecule has 1 aromatic rings. The topological polar surface area (TPSA) is 86.9 Å². The zero-order chi connectivity index (χ0) is 11.3. The number of carbonyl (C=O) groups excluding carboxylic acids is 1. The Kier molecular flexibility index (Phi) is 3.84. The van der Waals surface area contributed by atoms with Crippen LogP contribution in [0.2, 0.25) is 0 Å². The summed E-state index contributed by atoms with van der Waals surface area (Å²) in [4.78, 5) is 28.8. The molecule has 1 rings (SSSR count). The minimum atomic E-state index is -0.221. The average Bonchev–Trinajstić information content (AvgIpc) is 2.25. The van der Waals surface area contributed by atoms with Crippen LogP contribution in [0.15, 0.2) is 10.9 Å². The molecule has 0 radical (unpaired) electrons. The Labute approximate surface area is 87.1 Å². The molecule has 6 heteroatoms. The molecule has 0 aliphatic carbocycles. The van der Waals surface area contributed by atoms with Crippen LogP contribution in [0.25, 0.3) is 0 Å². The number of H-pyrrole nitrogens is 1. The van der Waals surface area contributed by atoms with Crippen molar-refractivity contribution in [3.63, 3.8) is 0 Å². The van der Waals surface area contributed by atoms with Crippen LogP contribution >= 0.6 is 0 Å². The summed E-state index contributed by atoms with van der Waals surface area (Å²) >= 11 is 0. The molecule has 1 aromatic heterocycles. The molecule has 0 aliphatic heterocycles. The van der Waals surface area contributed by atoms with Crippen molar-refractivity contribution in [2.75, 3.05) is 18.9 Å². The van der Waals surface area contributed by atoms with Gasteiger partial charge in [-0.25, -0.2) is 4.98 Å². The molecule has 0 unspecified atom stereocenters. The van der Waals surface area contributed by atoms with Crippen molar-refractivity contribution in [2.24, 2.45) is 0 Å². The van der Waals surface area contributed by atoms with Crippen molar-refractivity contribution in [3.05, 3.63) is 22.2 Å². The fourth-order valence-electron chi connectivity index (χ4n) is 1.03. The number of anilines is 1. The quantitative estimate of drug-likeness (QED) is 0.624. The van der Waals surface area contributed by atoms with Gasteiger partial charge in [0.05, 0.1) is 6.54 Å². The van der Waals surface area contributed by atoms with Crippen molar-refractivity contribution in [2.45, 2.75) is 13.3 Å². The number of hydrogen-bond donors (Lipinski definition) is 3. The lowest BCUT2D eigenvalue weighted by Gasteiger charge is -2.05. The van der Waals surface area contributed by atoms with E-state index in [-0.39, 0.29) is 18.0 Å². The van der Waals surface area contributed by atoms with Crippen LogP contribution in [-0.2, 0) is 11.2 Å². The van der Waals surface area contributed by atoms with Crippen LogP contribution in [0.1, 0.15) is 12.7 Å². The van der Waals surface area contributed by atoms with Gasteiger partial charge < -0.3 is 15.6 Å². The smallest absolute Gasteiger partial charge is 0.252 e. The first kappa shape index (κ1) is 11.2. The van der Waals surface area contributed by atoms with Crippen LogP contribution in [0.5, 0.6) is 0 Å². The summed E-state index contributed by atoms with van der Waals surface area (Å²) in [5, 5.41) is 5.23. The number of amides is 1. The van der Waals surface area contributed by atoms with Crippen LogP contribution in [0, 0.1) is 0 Å². The molecule has 15 heavy (non-hydrogen) atoms. The summed E-state index contributed by atoms with van der Waals surface area (Å²) in [6.45, 7) is 2.00. The Morgan fingerprint density at radius 3 is 2.93 bits per heavy atom. The molecular formula is C9H14N4O2. The first-order chi connectivity index (χ1) is 7.15. The number of carbonyl (C=O) groups is 1. The van der Waals surface area contributed by atoms with Gasteiger partial charge in [0.1, 0.15) is 11.6 Å². The van der Waals surface area contributed by atoms with Crippen molar-refractivity contribution >= 4 is 11.7 Å². The highest BCUT2D eigenvalue weighted by molar-refractivity contribution is 5.79. The average molecular weight is 210 g/mol. The summed E-state index contributed by atoms with van der Waals surface area (Å²) in [5.74, 6) is 0.858. The maximum absolute atomic E-state index is 11.1. The third-order valence-corrected chi connectivity index (χ3v) is 1.83. The lowest BCUT2D eigenvalue weighted by molar-refractivity contribution is -0.118. The number of likely N-dealkylation sites (N-methyl/N-ethyl adjacent to an activating group) is 1. The Balaban J connectivity index is 2.72. The molecular weight excluding hydrogens is 196 g/mol. The lowest BCUT2D eigenvalue weighted by atomic mass is 10.4. The summed E-state index contributed by atoms with van der Waals surface area (Å²) in [7, 11) is 1.55. The van der Waals surface area contributed by atoms with Gasteiger partial charge in [0.2, 0.25) is 5.91 Å². The summed E-state index contributed by atoms with van der Waals surface area (Å²) < 4.78 is 0. The van der Waals surface area contributed by atoms with Gasteiger partial charge in [-0.15, -0.1) is 0 Å². The van der Waals surface area contributed by atoms with E-state index >= 15 is 0 Å². The number of hydrogen-bond acceptors (Lipinski definition) is 4. The standard InChI is InChI=1S/C9H14N4O2/c1-3-6-12-7(4-8(14)13-6)11-5-9(15)10-2/h4H,3,5H2,1-2H3,(H,10,15)(H2,11,12,13,14). The zero-order valence-corrected chi connectivity index (χ0v) is 8.76. The van der Waals surface area contributed by atoms with E-state index in [0.717, 1.165) is 0 Å². The van der Waals surface area contributed by atoms with Crippen molar-refractivity contribution in [1.82, 2.24) is 15.3 Å². The Morgan fingerprint density at radius 2 is 2.33 bits per heavy atom. The third-order valence-electron chi connectivity index (χ3n) is 1.83.